The van der Waals surface area contributed by atoms with Gasteiger partial charge in [0.25, 0.3) is 0 Å². The molecule has 2 aromatic heterocycles. The first kappa shape index (κ1) is 10.6. The summed E-state index contributed by atoms with van der Waals surface area (Å²) in [6.45, 7) is 0.970. The van der Waals surface area contributed by atoms with Crippen LogP contribution >= 0.6 is 11.3 Å². The Kier molecular flexibility index (Phi) is 2.73. The average molecular weight is 245 g/mol. The number of anilines is 2. The third-order valence-corrected chi connectivity index (χ3v) is 3.75. The predicted molar refractivity (Wildman–Crippen MR) is 72.2 cm³/mol. The Morgan fingerprint density at radius 1 is 1.41 bits per heavy atom. The summed E-state index contributed by atoms with van der Waals surface area (Å²) < 4.78 is 0. The maximum Gasteiger partial charge on any atom is 0.125 e. The molecule has 0 saturated heterocycles. The van der Waals surface area contributed by atoms with Crippen molar-refractivity contribution in [3.05, 3.63) is 40.7 Å². The first-order chi connectivity index (χ1) is 8.33. The van der Waals surface area contributed by atoms with Crippen molar-refractivity contribution >= 4 is 22.8 Å². The van der Waals surface area contributed by atoms with Crippen molar-refractivity contribution in [3.8, 4) is 0 Å². The second-order valence-electron chi connectivity index (χ2n) is 4.43. The quantitative estimate of drug-likeness (QED) is 0.900. The molecule has 2 heterocycles. The highest BCUT2D eigenvalue weighted by molar-refractivity contribution is 7.07. The molecule has 4 heteroatoms. The largest absolute Gasteiger partial charge is 0.384 e. The number of hydrogen-bond donors (Lipinski definition) is 1. The van der Waals surface area contributed by atoms with Gasteiger partial charge in [-0.15, -0.1) is 0 Å². The zero-order chi connectivity index (χ0) is 11.7. The molecule has 3 rings (SSSR count). The second-order valence-corrected chi connectivity index (χ2v) is 5.21. The molecule has 2 N–H and O–H groups in total. The molecule has 0 amide bonds. The van der Waals surface area contributed by atoms with Gasteiger partial charge in [-0.05, 0) is 41.3 Å². The topological polar surface area (TPSA) is 42.1 Å². The molecule has 2 aromatic rings. The highest BCUT2D eigenvalue weighted by atomic mass is 32.1. The Morgan fingerprint density at radius 2 is 2.29 bits per heavy atom. The zero-order valence-corrected chi connectivity index (χ0v) is 10.4. The Bertz CT molecular complexity index is 491. The molecule has 0 unspecified atom stereocenters. The van der Waals surface area contributed by atoms with E-state index in [2.05, 4.69) is 26.7 Å². The van der Waals surface area contributed by atoms with Gasteiger partial charge in [0.1, 0.15) is 5.82 Å². The zero-order valence-electron chi connectivity index (χ0n) is 9.54. The Labute approximate surface area is 105 Å². The Hall–Kier alpha value is -1.55. The van der Waals surface area contributed by atoms with Crippen molar-refractivity contribution in [2.24, 2.45) is 0 Å². The lowest BCUT2D eigenvalue weighted by atomic mass is 10.2. The van der Waals surface area contributed by atoms with Crippen LogP contribution in [0.3, 0.4) is 0 Å². The summed E-state index contributed by atoms with van der Waals surface area (Å²) in [7, 11) is 0. The number of pyridine rings is 1. The molecule has 1 saturated carbocycles. The van der Waals surface area contributed by atoms with Crippen molar-refractivity contribution in [1.82, 2.24) is 4.98 Å². The van der Waals surface area contributed by atoms with Crippen LogP contribution in [0.4, 0.5) is 11.5 Å². The fourth-order valence-corrected chi connectivity index (χ4v) is 2.67. The minimum Gasteiger partial charge on any atom is -0.384 e. The van der Waals surface area contributed by atoms with Gasteiger partial charge >= 0.3 is 0 Å². The standard InChI is InChI=1S/C13H15N3S/c14-13-7-12(3-5-15-13)16(11-1-2-11)8-10-4-6-17-9-10/h3-7,9,11H,1-2,8H2,(H2,14,15). The summed E-state index contributed by atoms with van der Waals surface area (Å²) >= 11 is 1.75. The van der Waals surface area contributed by atoms with Crippen LogP contribution in [-0.2, 0) is 6.54 Å². The number of nitrogens with two attached hydrogens (primary N) is 1. The lowest BCUT2D eigenvalue weighted by Crippen LogP contribution is -2.24. The van der Waals surface area contributed by atoms with Gasteiger partial charge in [0.15, 0.2) is 0 Å². The molecule has 0 atom stereocenters. The number of hydrogen-bond acceptors (Lipinski definition) is 4. The summed E-state index contributed by atoms with van der Waals surface area (Å²) in [5.41, 5.74) is 8.31. The van der Waals surface area contributed by atoms with E-state index in [0.29, 0.717) is 11.9 Å². The van der Waals surface area contributed by atoms with Crippen molar-refractivity contribution in [1.29, 1.82) is 0 Å². The van der Waals surface area contributed by atoms with E-state index in [9.17, 15) is 0 Å². The highest BCUT2D eigenvalue weighted by Gasteiger charge is 2.29. The molecule has 0 spiro atoms. The predicted octanol–water partition coefficient (Wildman–Crippen LogP) is 2.89. The number of aromatic nitrogens is 1. The molecule has 0 bridgehead atoms. The van der Waals surface area contributed by atoms with Crippen molar-refractivity contribution in [3.63, 3.8) is 0 Å². The van der Waals surface area contributed by atoms with E-state index in [-0.39, 0.29) is 0 Å². The summed E-state index contributed by atoms with van der Waals surface area (Å²) in [5, 5.41) is 4.33. The number of thiophene rings is 1. The van der Waals surface area contributed by atoms with Gasteiger partial charge in [0.2, 0.25) is 0 Å². The molecular weight excluding hydrogens is 230 g/mol. The third kappa shape index (κ3) is 2.42. The third-order valence-electron chi connectivity index (χ3n) is 3.02. The van der Waals surface area contributed by atoms with Gasteiger partial charge in [0.05, 0.1) is 0 Å². The van der Waals surface area contributed by atoms with Crippen molar-refractivity contribution in [2.45, 2.75) is 25.4 Å². The van der Waals surface area contributed by atoms with Crippen LogP contribution in [0.1, 0.15) is 18.4 Å². The van der Waals surface area contributed by atoms with Crippen LogP contribution < -0.4 is 10.6 Å². The van der Waals surface area contributed by atoms with Gasteiger partial charge in [-0.2, -0.15) is 11.3 Å². The fraction of sp³-hybridized carbons (Fsp3) is 0.308. The molecule has 1 aliphatic carbocycles. The van der Waals surface area contributed by atoms with Gasteiger partial charge in [-0.25, -0.2) is 4.98 Å². The fourth-order valence-electron chi connectivity index (χ4n) is 2.01. The minimum absolute atomic E-state index is 0.596. The molecule has 0 aliphatic heterocycles. The van der Waals surface area contributed by atoms with Crippen LogP contribution in [0.5, 0.6) is 0 Å². The monoisotopic (exact) mass is 245 g/mol. The summed E-state index contributed by atoms with van der Waals surface area (Å²) in [6.07, 6.45) is 4.35. The summed E-state index contributed by atoms with van der Waals surface area (Å²) in [4.78, 5) is 6.48. The van der Waals surface area contributed by atoms with Gasteiger partial charge in [0, 0.05) is 30.5 Å². The first-order valence-corrected chi connectivity index (χ1v) is 6.76. The van der Waals surface area contributed by atoms with E-state index >= 15 is 0 Å². The number of nitrogen functional groups attached to an aromatic ring is 1. The van der Waals surface area contributed by atoms with Crippen LogP contribution in [0.2, 0.25) is 0 Å². The number of nitrogens with zero attached hydrogens (tertiary/aromatic N) is 2. The van der Waals surface area contributed by atoms with E-state index in [1.54, 1.807) is 17.5 Å². The average Bonchev–Trinajstić information content (AvgIpc) is 3.03. The lowest BCUT2D eigenvalue weighted by molar-refractivity contribution is 0.796. The molecule has 0 radical (unpaired) electrons. The molecule has 1 aliphatic rings. The maximum absolute atomic E-state index is 5.75. The molecule has 3 nitrogen and oxygen atoms in total. The van der Waals surface area contributed by atoms with E-state index in [0.717, 1.165) is 6.54 Å². The highest BCUT2D eigenvalue weighted by Crippen LogP contribution is 2.33. The maximum atomic E-state index is 5.75. The first-order valence-electron chi connectivity index (χ1n) is 5.82. The smallest absolute Gasteiger partial charge is 0.125 e. The van der Waals surface area contributed by atoms with Crippen molar-refractivity contribution in [2.75, 3.05) is 10.6 Å². The van der Waals surface area contributed by atoms with Gasteiger partial charge in [-0.3, -0.25) is 0 Å². The minimum atomic E-state index is 0.596. The van der Waals surface area contributed by atoms with Crippen molar-refractivity contribution < 1.29 is 0 Å². The van der Waals surface area contributed by atoms with E-state index in [4.69, 9.17) is 5.73 Å². The van der Waals surface area contributed by atoms with Crippen LogP contribution in [0.25, 0.3) is 0 Å². The molecule has 0 aromatic carbocycles. The van der Waals surface area contributed by atoms with E-state index in [1.165, 1.54) is 24.1 Å². The van der Waals surface area contributed by atoms with Crippen LogP contribution in [0.15, 0.2) is 35.2 Å². The van der Waals surface area contributed by atoms with Crippen LogP contribution in [-0.4, -0.2) is 11.0 Å². The van der Waals surface area contributed by atoms with E-state index in [1.807, 2.05) is 12.1 Å². The normalized spacial score (nSPS) is 14.8. The second kappa shape index (κ2) is 4.37. The molecule has 1 fully saturated rings. The molecule has 17 heavy (non-hydrogen) atoms. The summed E-state index contributed by atoms with van der Waals surface area (Å²) in [6, 6.07) is 6.87. The lowest BCUT2D eigenvalue weighted by Gasteiger charge is -2.24. The van der Waals surface area contributed by atoms with Gasteiger partial charge in [-0.1, -0.05) is 0 Å². The SMILES string of the molecule is Nc1cc(N(Cc2ccsc2)C2CC2)ccn1. The Balaban J connectivity index is 1.85. The van der Waals surface area contributed by atoms with E-state index < -0.39 is 0 Å². The molecular formula is C13H15N3S. The summed E-state index contributed by atoms with van der Waals surface area (Å²) in [5.74, 6) is 0.596. The number of rotatable bonds is 4. The molecule has 88 valence electrons. The Morgan fingerprint density at radius 3 is 2.94 bits per heavy atom. The van der Waals surface area contributed by atoms with Crippen LogP contribution in [0, 0.1) is 0 Å². The van der Waals surface area contributed by atoms with Gasteiger partial charge < -0.3 is 10.6 Å².